The zero-order chi connectivity index (χ0) is 16.2. The van der Waals surface area contributed by atoms with Gasteiger partial charge in [-0.15, -0.1) is 0 Å². The highest BCUT2D eigenvalue weighted by molar-refractivity contribution is 5.77. The maximum atomic E-state index is 12.0. The Kier molecular flexibility index (Phi) is 4.37. The summed E-state index contributed by atoms with van der Waals surface area (Å²) in [6.45, 7) is 5.14. The summed E-state index contributed by atoms with van der Waals surface area (Å²) in [4.78, 5) is 20.7. The summed E-state index contributed by atoms with van der Waals surface area (Å²) >= 11 is 0. The molecule has 0 aliphatic carbocycles. The first kappa shape index (κ1) is 15.2. The van der Waals surface area contributed by atoms with Crippen LogP contribution in [0.1, 0.15) is 23.2 Å². The molecule has 1 aromatic carbocycles. The monoisotopic (exact) mass is 308 g/mol. The highest BCUT2D eigenvalue weighted by atomic mass is 16.1. The molecule has 2 heterocycles. The lowest BCUT2D eigenvalue weighted by molar-refractivity contribution is -0.121. The predicted octanol–water partition coefficient (Wildman–Crippen LogP) is 2.75. The highest BCUT2D eigenvalue weighted by Crippen LogP contribution is 2.12. The van der Waals surface area contributed by atoms with Crippen LogP contribution < -0.4 is 5.32 Å². The third-order valence-corrected chi connectivity index (χ3v) is 3.99. The quantitative estimate of drug-likeness (QED) is 0.788. The largest absolute Gasteiger partial charge is 0.352 e. The second-order valence-electron chi connectivity index (χ2n) is 5.70. The zero-order valence-electron chi connectivity index (χ0n) is 13.4. The second kappa shape index (κ2) is 6.60. The van der Waals surface area contributed by atoms with Crippen molar-refractivity contribution in [2.45, 2.75) is 33.4 Å². The Hall–Kier alpha value is -2.69. The van der Waals surface area contributed by atoms with Crippen molar-refractivity contribution in [2.75, 3.05) is 0 Å². The first-order valence-corrected chi connectivity index (χ1v) is 7.72. The molecule has 2 aromatic heterocycles. The third kappa shape index (κ3) is 3.56. The summed E-state index contributed by atoms with van der Waals surface area (Å²) in [6, 6.07) is 9.99. The van der Waals surface area contributed by atoms with Gasteiger partial charge in [0.2, 0.25) is 5.91 Å². The topological polar surface area (TPSA) is 59.8 Å². The summed E-state index contributed by atoms with van der Waals surface area (Å²) in [6.07, 6.45) is 4.02. The molecule has 1 N–H and O–H groups in total. The number of nitrogens with zero attached hydrogens (tertiary/aromatic N) is 3. The number of benzene rings is 1. The van der Waals surface area contributed by atoms with Crippen LogP contribution in [0.15, 0.2) is 42.9 Å². The molecule has 0 aliphatic heterocycles. The van der Waals surface area contributed by atoms with Crippen LogP contribution >= 0.6 is 0 Å². The van der Waals surface area contributed by atoms with Crippen molar-refractivity contribution in [1.82, 2.24) is 19.9 Å². The fraction of sp³-hybridized carbons (Fsp3) is 0.278. The molecular formula is C18H20N4O. The number of carbonyl (C=O) groups is 1. The van der Waals surface area contributed by atoms with Crippen molar-refractivity contribution < 1.29 is 4.79 Å². The normalized spacial score (nSPS) is 10.9. The van der Waals surface area contributed by atoms with E-state index in [0.29, 0.717) is 19.5 Å². The van der Waals surface area contributed by atoms with E-state index in [0.717, 1.165) is 27.9 Å². The van der Waals surface area contributed by atoms with Crippen LogP contribution in [0.2, 0.25) is 0 Å². The molecular weight excluding hydrogens is 288 g/mol. The second-order valence-corrected chi connectivity index (χ2v) is 5.70. The first-order chi connectivity index (χ1) is 11.1. The maximum absolute atomic E-state index is 12.0. The van der Waals surface area contributed by atoms with Gasteiger partial charge in [0.15, 0.2) is 0 Å². The van der Waals surface area contributed by atoms with Crippen molar-refractivity contribution in [2.24, 2.45) is 0 Å². The molecule has 23 heavy (non-hydrogen) atoms. The van der Waals surface area contributed by atoms with E-state index in [2.05, 4.69) is 21.4 Å². The average molecular weight is 308 g/mol. The van der Waals surface area contributed by atoms with E-state index in [-0.39, 0.29) is 5.91 Å². The lowest BCUT2D eigenvalue weighted by atomic mass is 10.1. The Morgan fingerprint density at radius 2 is 2.04 bits per heavy atom. The molecule has 0 unspecified atom stereocenters. The van der Waals surface area contributed by atoms with Gasteiger partial charge in [-0.3, -0.25) is 9.78 Å². The Labute approximate surface area is 135 Å². The van der Waals surface area contributed by atoms with Crippen LogP contribution in [0.25, 0.3) is 11.0 Å². The Balaban J connectivity index is 1.54. The number of aromatic nitrogens is 3. The Morgan fingerprint density at radius 1 is 1.22 bits per heavy atom. The molecule has 0 spiro atoms. The summed E-state index contributed by atoms with van der Waals surface area (Å²) in [7, 11) is 0. The number of pyridine rings is 1. The van der Waals surface area contributed by atoms with Crippen molar-refractivity contribution in [3.8, 4) is 0 Å². The summed E-state index contributed by atoms with van der Waals surface area (Å²) in [5.74, 6) is 0.0287. The minimum Gasteiger partial charge on any atom is -0.352 e. The minimum atomic E-state index is 0.0287. The van der Waals surface area contributed by atoms with Gasteiger partial charge in [0, 0.05) is 31.4 Å². The van der Waals surface area contributed by atoms with Gasteiger partial charge in [0.05, 0.1) is 17.4 Å². The van der Waals surface area contributed by atoms with Crippen LogP contribution in [0.4, 0.5) is 0 Å². The average Bonchev–Trinajstić information content (AvgIpc) is 2.97. The molecule has 5 nitrogen and oxygen atoms in total. The Bertz CT molecular complexity index is 838. The fourth-order valence-corrected chi connectivity index (χ4v) is 2.50. The van der Waals surface area contributed by atoms with Gasteiger partial charge in [-0.25, -0.2) is 4.98 Å². The van der Waals surface area contributed by atoms with Crippen LogP contribution in [0.5, 0.6) is 0 Å². The molecule has 0 aliphatic rings. The first-order valence-electron chi connectivity index (χ1n) is 7.72. The van der Waals surface area contributed by atoms with Crippen LogP contribution in [-0.2, 0) is 17.9 Å². The fourth-order valence-electron chi connectivity index (χ4n) is 2.50. The van der Waals surface area contributed by atoms with E-state index in [4.69, 9.17) is 0 Å². The van der Waals surface area contributed by atoms with Gasteiger partial charge < -0.3 is 9.88 Å². The van der Waals surface area contributed by atoms with Crippen LogP contribution in [0.3, 0.4) is 0 Å². The van der Waals surface area contributed by atoms with Crippen molar-refractivity contribution in [3.63, 3.8) is 0 Å². The molecule has 5 heteroatoms. The Morgan fingerprint density at radius 3 is 2.87 bits per heavy atom. The number of aryl methyl sites for hydroxylation is 3. The van der Waals surface area contributed by atoms with Crippen molar-refractivity contribution >= 4 is 16.9 Å². The van der Waals surface area contributed by atoms with Crippen LogP contribution in [0, 0.1) is 13.8 Å². The van der Waals surface area contributed by atoms with Gasteiger partial charge in [0.25, 0.3) is 0 Å². The van der Waals surface area contributed by atoms with Gasteiger partial charge in [-0.05, 0) is 37.1 Å². The van der Waals surface area contributed by atoms with Crippen LogP contribution in [-0.4, -0.2) is 20.4 Å². The molecule has 3 aromatic rings. The van der Waals surface area contributed by atoms with E-state index >= 15 is 0 Å². The zero-order valence-corrected chi connectivity index (χ0v) is 13.4. The molecule has 0 saturated heterocycles. The molecule has 0 atom stereocenters. The molecule has 118 valence electrons. The van der Waals surface area contributed by atoms with E-state index in [9.17, 15) is 4.79 Å². The van der Waals surface area contributed by atoms with Gasteiger partial charge in [-0.2, -0.15) is 0 Å². The molecule has 3 rings (SSSR count). The van der Waals surface area contributed by atoms with Crippen molar-refractivity contribution in [1.29, 1.82) is 0 Å². The molecule has 0 bridgehead atoms. The van der Waals surface area contributed by atoms with E-state index in [1.165, 1.54) is 0 Å². The van der Waals surface area contributed by atoms with E-state index < -0.39 is 0 Å². The summed E-state index contributed by atoms with van der Waals surface area (Å²) in [5, 5.41) is 2.94. The number of nitrogens with one attached hydrogen (secondary N) is 1. The smallest absolute Gasteiger partial charge is 0.222 e. The van der Waals surface area contributed by atoms with Gasteiger partial charge in [-0.1, -0.05) is 18.2 Å². The van der Waals surface area contributed by atoms with E-state index in [1.807, 2.05) is 48.9 Å². The molecule has 0 radical (unpaired) electrons. The van der Waals surface area contributed by atoms with Gasteiger partial charge in [0.1, 0.15) is 0 Å². The number of carbonyl (C=O) groups excluding carboxylic acids is 1. The van der Waals surface area contributed by atoms with E-state index in [1.54, 1.807) is 6.33 Å². The van der Waals surface area contributed by atoms with Crippen molar-refractivity contribution in [3.05, 3.63) is 59.7 Å². The number of para-hydroxylation sites is 2. The molecule has 0 saturated carbocycles. The predicted molar refractivity (Wildman–Crippen MR) is 89.9 cm³/mol. The lowest BCUT2D eigenvalue weighted by Gasteiger charge is -2.08. The van der Waals surface area contributed by atoms with Gasteiger partial charge >= 0.3 is 0 Å². The number of fused-ring (bicyclic) bond motifs is 1. The number of imidazole rings is 1. The standard InChI is InChI=1S/C18H20N4O/c1-13-9-15(10-19-14(13)2)11-20-18(23)7-8-22-12-21-16-5-3-4-6-17(16)22/h3-6,9-10,12H,7-8,11H2,1-2H3,(H,20,23). The minimum absolute atomic E-state index is 0.0287. The number of hydrogen-bond donors (Lipinski definition) is 1. The SMILES string of the molecule is Cc1cc(CNC(=O)CCn2cnc3ccccc32)cnc1C. The maximum Gasteiger partial charge on any atom is 0.222 e. The number of hydrogen-bond acceptors (Lipinski definition) is 3. The highest BCUT2D eigenvalue weighted by Gasteiger charge is 2.06. The summed E-state index contributed by atoms with van der Waals surface area (Å²) < 4.78 is 2.01. The number of amides is 1. The molecule has 0 fully saturated rings. The summed E-state index contributed by atoms with van der Waals surface area (Å²) in [5.41, 5.74) is 5.19. The third-order valence-electron chi connectivity index (χ3n) is 3.99. The molecule has 1 amide bonds. The lowest BCUT2D eigenvalue weighted by Crippen LogP contribution is -2.24. The number of rotatable bonds is 5.